The van der Waals surface area contributed by atoms with Gasteiger partial charge in [-0.25, -0.2) is 0 Å². The van der Waals surface area contributed by atoms with E-state index in [1.807, 2.05) is 0 Å². The average molecular weight is 328 g/mol. The molecule has 0 rings (SSSR count). The van der Waals surface area contributed by atoms with E-state index in [1.165, 1.54) is 28.4 Å². The Bertz CT molecular complexity index is 214. The smallest absolute Gasteiger partial charge is 0.357 e. The topological polar surface area (TPSA) is 73.8 Å². The van der Waals surface area contributed by atoms with Gasteiger partial charge in [-0.1, -0.05) is 0 Å². The van der Waals surface area contributed by atoms with E-state index < -0.39 is 34.2 Å². The van der Waals surface area contributed by atoms with Crippen molar-refractivity contribution in [1.29, 1.82) is 0 Å². The van der Waals surface area contributed by atoms with Crippen molar-refractivity contribution in [1.82, 2.24) is 0 Å². The van der Waals surface area contributed by atoms with Crippen molar-refractivity contribution in [2.45, 2.75) is 52.9 Å². The van der Waals surface area contributed by atoms with E-state index in [9.17, 15) is 0 Å². The monoisotopic (exact) mass is 328 g/mol. The summed E-state index contributed by atoms with van der Waals surface area (Å²) in [5.41, 5.74) is 0. The molecule has 0 aromatic rings. The molecule has 0 bridgehead atoms. The summed E-state index contributed by atoms with van der Waals surface area (Å²) in [7, 11) is 2.38. The van der Waals surface area contributed by atoms with Crippen LogP contribution in [0.15, 0.2) is 0 Å². The molecule has 0 amide bonds. The minimum atomic E-state index is -3.63. The zero-order valence-corrected chi connectivity index (χ0v) is 15.1. The molecule has 0 aromatic carbocycles. The second-order valence-corrected chi connectivity index (χ2v) is 6.13. The Hall–Kier alpha value is -0.103. The molecule has 0 heterocycles. The zero-order valence-electron chi connectivity index (χ0n) is 14.1. The summed E-state index contributed by atoms with van der Waals surface area (Å²) in [5.74, 6) is 0. The highest BCUT2D eigenvalue weighted by Crippen LogP contribution is 2.21. The van der Waals surface area contributed by atoms with Crippen LogP contribution in [0.25, 0.3) is 0 Å². The fourth-order valence-corrected chi connectivity index (χ4v) is 3.52. The summed E-state index contributed by atoms with van der Waals surface area (Å²) in [6, 6.07) is 0. The first kappa shape index (κ1) is 20.9. The van der Waals surface area contributed by atoms with Gasteiger partial charge >= 0.3 is 9.05 Å². The highest BCUT2D eigenvalue weighted by molar-refractivity contribution is 6.53. The second-order valence-electron chi connectivity index (χ2n) is 4.18. The lowest BCUT2D eigenvalue weighted by atomic mass is 10.8. The molecule has 0 fully saturated rings. The van der Waals surface area contributed by atoms with E-state index in [0.717, 1.165) is 0 Å². The number of hydrogen-bond donors (Lipinski definition) is 0. The van der Waals surface area contributed by atoms with E-state index >= 15 is 0 Å². The van der Waals surface area contributed by atoms with Crippen LogP contribution in [0.2, 0.25) is 0 Å². The third-order valence-corrected chi connectivity index (χ3v) is 5.05. The average Bonchev–Trinajstić information content (AvgIpc) is 2.46. The molecule has 0 radical (unpaired) electrons. The third-order valence-electron chi connectivity index (χ3n) is 2.57. The molecule has 0 aromatic heterocycles. The Labute approximate surface area is 128 Å². The summed E-state index contributed by atoms with van der Waals surface area (Å²) in [5, 5.41) is 0. The molecule has 0 aliphatic heterocycles. The maximum atomic E-state index is 5.71. The summed E-state index contributed by atoms with van der Waals surface area (Å²) in [6.07, 6.45) is -2.41. The Balaban J connectivity index is 5.23. The lowest BCUT2D eigenvalue weighted by Crippen LogP contribution is -2.56. The quantitative estimate of drug-likeness (QED) is 0.394. The Morgan fingerprint density at radius 1 is 0.476 bits per heavy atom. The summed E-state index contributed by atoms with van der Waals surface area (Å²) >= 11 is 0. The van der Waals surface area contributed by atoms with Gasteiger partial charge in [-0.05, 0) is 27.7 Å². The molecule has 0 saturated heterocycles. The van der Waals surface area contributed by atoms with Crippen LogP contribution in [-0.2, 0) is 36.7 Å². The largest absolute Gasteiger partial charge is 0.687 e. The molecule has 4 atom stereocenters. The van der Waals surface area contributed by atoms with Crippen molar-refractivity contribution < 1.29 is 36.7 Å². The molecule has 0 aliphatic carbocycles. The first-order valence-electron chi connectivity index (χ1n) is 6.64. The molecule has 0 spiro atoms. The standard InChI is InChI=1S/C12H28O8Si/c1-9(13-5)17-21(18-10(2)14-6,19-11(3)15-7)20-12(4)16-8/h9-12H,1-8H3/t9-,10-,11-,12-/m0/s1. The van der Waals surface area contributed by atoms with Gasteiger partial charge in [-0.2, -0.15) is 0 Å². The first-order chi connectivity index (χ1) is 9.82. The van der Waals surface area contributed by atoms with E-state index in [4.69, 9.17) is 36.7 Å². The number of hydrogen-bond acceptors (Lipinski definition) is 8. The van der Waals surface area contributed by atoms with Crippen LogP contribution in [0.5, 0.6) is 0 Å². The van der Waals surface area contributed by atoms with Crippen molar-refractivity contribution in [3.8, 4) is 0 Å². The SMILES string of the molecule is CO[C@H](C)O[Si](O[C@@H](C)OC)(O[C@@H](C)OC)O[C@@H](C)OC. The predicted octanol–water partition coefficient (Wildman–Crippen LogP) is 1.46. The predicted molar refractivity (Wildman–Crippen MR) is 76.0 cm³/mol. The molecule has 9 heteroatoms. The van der Waals surface area contributed by atoms with Gasteiger partial charge < -0.3 is 36.7 Å². The van der Waals surface area contributed by atoms with Gasteiger partial charge in [0.25, 0.3) is 0 Å². The van der Waals surface area contributed by atoms with Crippen molar-refractivity contribution in [2.75, 3.05) is 28.4 Å². The lowest BCUT2D eigenvalue weighted by molar-refractivity contribution is -0.222. The molecular weight excluding hydrogens is 300 g/mol. The van der Waals surface area contributed by atoms with Crippen LogP contribution in [-0.4, -0.2) is 62.6 Å². The van der Waals surface area contributed by atoms with Gasteiger partial charge in [0.15, 0.2) is 25.2 Å². The molecule has 0 unspecified atom stereocenters. The highest BCUT2D eigenvalue weighted by Gasteiger charge is 2.52. The molecule has 128 valence electrons. The van der Waals surface area contributed by atoms with E-state index in [0.29, 0.717) is 0 Å². The van der Waals surface area contributed by atoms with Crippen molar-refractivity contribution >= 4 is 9.05 Å². The molecule has 0 saturated carbocycles. The Morgan fingerprint density at radius 3 is 0.810 bits per heavy atom. The minimum absolute atomic E-state index is 0.603. The number of rotatable bonds is 12. The fraction of sp³-hybridized carbons (Fsp3) is 1.00. The first-order valence-corrected chi connectivity index (χ1v) is 8.28. The number of methoxy groups -OCH3 is 4. The van der Waals surface area contributed by atoms with Gasteiger partial charge in [-0.3, -0.25) is 0 Å². The lowest BCUT2D eigenvalue weighted by Gasteiger charge is -2.34. The van der Waals surface area contributed by atoms with E-state index in [1.54, 1.807) is 27.7 Å². The Kier molecular flexibility index (Phi) is 10.5. The van der Waals surface area contributed by atoms with Crippen molar-refractivity contribution in [3.05, 3.63) is 0 Å². The zero-order chi connectivity index (χ0) is 16.5. The normalized spacial score (nSPS) is 18.3. The van der Waals surface area contributed by atoms with Crippen LogP contribution in [0.4, 0.5) is 0 Å². The minimum Gasteiger partial charge on any atom is -0.357 e. The maximum absolute atomic E-state index is 5.71. The van der Waals surface area contributed by atoms with Crippen LogP contribution in [0.3, 0.4) is 0 Å². The Morgan fingerprint density at radius 2 is 0.667 bits per heavy atom. The maximum Gasteiger partial charge on any atom is 0.687 e. The summed E-state index contributed by atoms with van der Waals surface area (Å²) < 4.78 is 43.3. The molecule has 0 aliphatic rings. The van der Waals surface area contributed by atoms with Crippen molar-refractivity contribution in [3.63, 3.8) is 0 Å². The van der Waals surface area contributed by atoms with Gasteiger partial charge in [-0.15, -0.1) is 0 Å². The molecule has 21 heavy (non-hydrogen) atoms. The second kappa shape index (κ2) is 10.6. The number of ether oxygens (including phenoxy) is 4. The van der Waals surface area contributed by atoms with Crippen molar-refractivity contribution in [2.24, 2.45) is 0 Å². The van der Waals surface area contributed by atoms with E-state index in [-0.39, 0.29) is 0 Å². The highest BCUT2D eigenvalue weighted by atomic mass is 28.4. The fourth-order valence-electron chi connectivity index (χ4n) is 1.17. The van der Waals surface area contributed by atoms with Crippen LogP contribution >= 0.6 is 0 Å². The van der Waals surface area contributed by atoms with Gasteiger partial charge in [0.2, 0.25) is 0 Å². The van der Waals surface area contributed by atoms with E-state index in [2.05, 4.69) is 0 Å². The summed E-state index contributed by atoms with van der Waals surface area (Å²) in [6.45, 7) is 6.79. The van der Waals surface area contributed by atoms with Gasteiger partial charge in [0.05, 0.1) is 0 Å². The molecule has 0 N–H and O–H groups in total. The molecular formula is C12H28O8Si. The third kappa shape index (κ3) is 8.19. The molecule has 8 nitrogen and oxygen atoms in total. The van der Waals surface area contributed by atoms with Crippen LogP contribution in [0.1, 0.15) is 27.7 Å². The van der Waals surface area contributed by atoms with Gasteiger partial charge in [0.1, 0.15) is 0 Å². The summed E-state index contributed by atoms with van der Waals surface area (Å²) in [4.78, 5) is 0. The van der Waals surface area contributed by atoms with Crippen LogP contribution < -0.4 is 0 Å². The van der Waals surface area contributed by atoms with Crippen LogP contribution in [0, 0.1) is 0 Å². The van der Waals surface area contributed by atoms with Gasteiger partial charge in [0, 0.05) is 28.4 Å².